The summed E-state index contributed by atoms with van der Waals surface area (Å²) in [7, 11) is 0. The first-order valence-electron chi connectivity index (χ1n) is 12.1. The molecule has 37 heavy (non-hydrogen) atoms. The molecule has 0 fully saturated rings. The minimum atomic E-state index is -0.164. The lowest BCUT2D eigenvalue weighted by atomic mass is 10.1. The van der Waals surface area contributed by atoms with Gasteiger partial charge < -0.3 is 16.0 Å². The van der Waals surface area contributed by atoms with E-state index in [1.165, 1.54) is 5.56 Å². The Labute approximate surface area is 216 Å². The van der Waals surface area contributed by atoms with Crippen LogP contribution in [0.5, 0.6) is 0 Å². The van der Waals surface area contributed by atoms with Crippen molar-refractivity contribution in [3.8, 4) is 0 Å². The highest BCUT2D eigenvalue weighted by Gasteiger charge is 2.08. The van der Waals surface area contributed by atoms with Gasteiger partial charge in [0.1, 0.15) is 0 Å². The van der Waals surface area contributed by atoms with E-state index in [4.69, 9.17) is 0 Å². The predicted octanol–water partition coefficient (Wildman–Crippen LogP) is 7.49. The molecule has 0 atom stereocenters. The molecule has 0 aliphatic heterocycles. The molecule has 0 radical (unpaired) electrons. The minimum absolute atomic E-state index is 0.164. The van der Waals surface area contributed by atoms with Crippen molar-refractivity contribution in [2.45, 2.75) is 12.8 Å². The Balaban J connectivity index is 1.24. The summed E-state index contributed by atoms with van der Waals surface area (Å²) in [5, 5.41) is 10.8. The second kappa shape index (κ2) is 11.2. The number of carbonyl (C=O) groups is 1. The number of pyridine rings is 2. The maximum atomic E-state index is 12.8. The van der Waals surface area contributed by atoms with Crippen LogP contribution < -0.4 is 16.0 Å². The van der Waals surface area contributed by atoms with E-state index in [1.54, 1.807) is 18.6 Å². The van der Waals surface area contributed by atoms with Gasteiger partial charge in [0.25, 0.3) is 5.91 Å². The Bertz CT molecular complexity index is 1510. The van der Waals surface area contributed by atoms with Crippen LogP contribution in [-0.2, 0) is 6.42 Å². The molecule has 0 saturated carbocycles. The van der Waals surface area contributed by atoms with Gasteiger partial charge in [-0.2, -0.15) is 0 Å². The molecule has 0 aliphatic carbocycles. The van der Waals surface area contributed by atoms with E-state index in [2.05, 4.69) is 44.6 Å². The largest absolute Gasteiger partial charge is 0.355 e. The number of benzene rings is 3. The summed E-state index contributed by atoms with van der Waals surface area (Å²) in [6.45, 7) is 3.81. The van der Waals surface area contributed by atoms with Crippen molar-refractivity contribution < 1.29 is 4.79 Å². The summed E-state index contributed by atoms with van der Waals surface area (Å²) in [5.74, 6) is -0.164. The fraction of sp³-hybridized carbons (Fsp3) is 0.0645. The molecule has 6 heteroatoms. The molecule has 0 aliphatic rings. The number of rotatable bonds is 9. The van der Waals surface area contributed by atoms with E-state index in [0.717, 1.165) is 52.2 Å². The average Bonchev–Trinajstić information content (AvgIpc) is 2.94. The standard InChI is InChI=1S/C31H27N5O/c1-2-3-4-22-5-14-29-28(21-22)30(17-20-33-29)35-25-8-6-23(7-9-25)31(37)36-26-12-10-24(11-13-26)34-27-15-18-32-19-16-27/h2,5-21H,1,3-4H2,(H,32,34)(H,33,35)(H,36,37). The van der Waals surface area contributed by atoms with E-state index in [0.29, 0.717) is 5.56 Å². The number of aromatic nitrogens is 2. The van der Waals surface area contributed by atoms with Crippen molar-refractivity contribution in [2.75, 3.05) is 16.0 Å². The van der Waals surface area contributed by atoms with Crippen molar-refractivity contribution in [3.05, 3.63) is 127 Å². The van der Waals surface area contributed by atoms with Gasteiger partial charge in [-0.3, -0.25) is 14.8 Å². The monoisotopic (exact) mass is 485 g/mol. The van der Waals surface area contributed by atoms with Crippen molar-refractivity contribution in [3.63, 3.8) is 0 Å². The molecule has 1 amide bonds. The van der Waals surface area contributed by atoms with Gasteiger partial charge in [0, 0.05) is 58.0 Å². The molecule has 0 saturated heterocycles. The Hall–Kier alpha value is -4.97. The van der Waals surface area contributed by atoms with Crippen molar-refractivity contribution in [1.82, 2.24) is 9.97 Å². The van der Waals surface area contributed by atoms with Gasteiger partial charge in [0.15, 0.2) is 0 Å². The SMILES string of the molecule is C=CCCc1ccc2nccc(Nc3ccc(C(=O)Nc4ccc(Nc5ccncc5)cc4)cc3)c2c1. The highest BCUT2D eigenvalue weighted by atomic mass is 16.1. The normalized spacial score (nSPS) is 10.6. The highest BCUT2D eigenvalue weighted by molar-refractivity contribution is 6.04. The molecule has 0 unspecified atom stereocenters. The topological polar surface area (TPSA) is 78.9 Å². The van der Waals surface area contributed by atoms with Crippen LogP contribution in [0, 0.1) is 0 Å². The molecule has 5 rings (SSSR count). The summed E-state index contributed by atoms with van der Waals surface area (Å²) in [6.07, 6.45) is 9.08. The molecular weight excluding hydrogens is 458 g/mol. The zero-order chi connectivity index (χ0) is 25.5. The fourth-order valence-corrected chi connectivity index (χ4v) is 4.03. The number of nitrogens with zero attached hydrogens (tertiary/aromatic N) is 2. The van der Waals surface area contributed by atoms with Gasteiger partial charge in [0.2, 0.25) is 0 Å². The van der Waals surface area contributed by atoms with Gasteiger partial charge in [-0.05, 0) is 97.3 Å². The van der Waals surface area contributed by atoms with E-state index in [9.17, 15) is 4.79 Å². The molecule has 0 spiro atoms. The third-order valence-electron chi connectivity index (χ3n) is 5.98. The van der Waals surface area contributed by atoms with E-state index >= 15 is 0 Å². The number of carbonyl (C=O) groups excluding carboxylic acids is 1. The zero-order valence-corrected chi connectivity index (χ0v) is 20.3. The van der Waals surface area contributed by atoms with Crippen molar-refractivity contribution in [2.24, 2.45) is 0 Å². The smallest absolute Gasteiger partial charge is 0.255 e. The number of allylic oxidation sites excluding steroid dienone is 1. The van der Waals surface area contributed by atoms with Crippen LogP contribution in [0.4, 0.5) is 28.4 Å². The van der Waals surface area contributed by atoms with Crippen molar-refractivity contribution in [1.29, 1.82) is 0 Å². The van der Waals surface area contributed by atoms with Crippen molar-refractivity contribution >= 4 is 45.2 Å². The summed E-state index contributed by atoms with van der Waals surface area (Å²) in [4.78, 5) is 21.3. The number of amides is 1. The molecule has 3 N–H and O–H groups in total. The molecular formula is C31H27N5O. The quantitative estimate of drug-likeness (QED) is 0.189. The van der Waals surface area contributed by atoms with Crippen LogP contribution in [0.25, 0.3) is 10.9 Å². The first-order chi connectivity index (χ1) is 18.2. The summed E-state index contributed by atoms with van der Waals surface area (Å²) in [6, 6.07) is 27.1. The maximum absolute atomic E-state index is 12.8. The number of hydrogen-bond donors (Lipinski definition) is 3. The van der Waals surface area contributed by atoms with Gasteiger partial charge in [-0.1, -0.05) is 12.1 Å². The fourth-order valence-electron chi connectivity index (χ4n) is 4.03. The Morgan fingerprint density at radius 3 is 2.19 bits per heavy atom. The molecule has 0 bridgehead atoms. The first-order valence-corrected chi connectivity index (χ1v) is 12.1. The van der Waals surface area contributed by atoms with Gasteiger partial charge >= 0.3 is 0 Å². The molecule has 182 valence electrons. The third kappa shape index (κ3) is 6.00. The van der Waals surface area contributed by atoms with Crippen LogP contribution in [0.2, 0.25) is 0 Å². The first kappa shape index (κ1) is 23.8. The molecule has 5 aromatic rings. The maximum Gasteiger partial charge on any atom is 0.255 e. The van der Waals surface area contributed by atoms with Gasteiger partial charge in [0.05, 0.1) is 5.52 Å². The number of hydrogen-bond acceptors (Lipinski definition) is 5. The highest BCUT2D eigenvalue weighted by Crippen LogP contribution is 2.27. The van der Waals surface area contributed by atoms with Gasteiger partial charge in [-0.15, -0.1) is 6.58 Å². The van der Waals surface area contributed by atoms with Crippen LogP contribution >= 0.6 is 0 Å². The lowest BCUT2D eigenvalue weighted by Gasteiger charge is -2.12. The molecule has 2 heterocycles. The Morgan fingerprint density at radius 1 is 0.757 bits per heavy atom. The summed E-state index contributed by atoms with van der Waals surface area (Å²) in [5.41, 5.74) is 7.24. The molecule has 6 nitrogen and oxygen atoms in total. The number of anilines is 5. The summed E-state index contributed by atoms with van der Waals surface area (Å²) < 4.78 is 0. The predicted molar refractivity (Wildman–Crippen MR) is 152 cm³/mol. The molecule has 3 aromatic carbocycles. The minimum Gasteiger partial charge on any atom is -0.355 e. The van der Waals surface area contributed by atoms with Crippen LogP contribution in [0.1, 0.15) is 22.3 Å². The number of aryl methyl sites for hydroxylation is 1. The third-order valence-corrected chi connectivity index (χ3v) is 5.98. The van der Waals surface area contributed by atoms with E-state index in [-0.39, 0.29) is 5.91 Å². The second-order valence-corrected chi connectivity index (χ2v) is 8.63. The van der Waals surface area contributed by atoms with Crippen LogP contribution in [-0.4, -0.2) is 15.9 Å². The van der Waals surface area contributed by atoms with Crippen LogP contribution in [0.3, 0.4) is 0 Å². The lowest BCUT2D eigenvalue weighted by molar-refractivity contribution is 0.102. The Morgan fingerprint density at radius 2 is 1.43 bits per heavy atom. The average molecular weight is 486 g/mol. The van der Waals surface area contributed by atoms with E-state index in [1.807, 2.05) is 78.9 Å². The second-order valence-electron chi connectivity index (χ2n) is 8.63. The lowest BCUT2D eigenvalue weighted by Crippen LogP contribution is -2.11. The van der Waals surface area contributed by atoms with Gasteiger partial charge in [-0.25, -0.2) is 0 Å². The van der Waals surface area contributed by atoms with E-state index < -0.39 is 0 Å². The van der Waals surface area contributed by atoms with Crippen LogP contribution in [0.15, 0.2) is 116 Å². The Kier molecular flexibility index (Phi) is 7.18. The number of nitrogens with one attached hydrogen (secondary N) is 3. The summed E-state index contributed by atoms with van der Waals surface area (Å²) >= 11 is 0. The number of fused-ring (bicyclic) bond motifs is 1. The molecule has 2 aromatic heterocycles. The zero-order valence-electron chi connectivity index (χ0n) is 20.3.